The number of aryl methyl sites for hydroxylation is 2. The maximum Gasteiger partial charge on any atom is 0.355 e. The number of nitrogens with zero attached hydrogens (tertiary/aromatic N) is 2. The average Bonchev–Trinajstić information content (AvgIpc) is 2.28. The maximum atomic E-state index is 11.1. The van der Waals surface area contributed by atoms with Crippen LogP contribution >= 0.6 is 0 Å². The van der Waals surface area contributed by atoms with E-state index in [0.29, 0.717) is 12.1 Å². The van der Waals surface area contributed by atoms with Crippen molar-refractivity contribution >= 4 is 5.69 Å². The van der Waals surface area contributed by atoms with Gasteiger partial charge in [-0.15, -0.1) is 0 Å². The van der Waals surface area contributed by atoms with Crippen LogP contribution < -0.4 is 5.56 Å². The highest BCUT2D eigenvalue weighted by molar-refractivity contribution is 5.32. The molecule has 0 aliphatic heterocycles. The Bertz CT molecular complexity index is 363. The minimum atomic E-state index is -0.655. The van der Waals surface area contributed by atoms with Crippen LogP contribution in [0.4, 0.5) is 5.69 Å². The molecule has 0 unspecified atom stereocenters. The third-order valence-electron chi connectivity index (χ3n) is 1.63. The van der Waals surface area contributed by atoms with Crippen LogP contribution in [0.2, 0.25) is 0 Å². The Morgan fingerprint density at radius 1 is 1.67 bits per heavy atom. The monoisotopic (exact) mass is 171 g/mol. The predicted octanol–water partition coefficient (Wildman–Crippen LogP) is 0.184. The minimum absolute atomic E-state index is 0.347. The fraction of sp³-hybridized carbons (Fsp3) is 0.500. The van der Waals surface area contributed by atoms with Crippen LogP contribution in [0, 0.1) is 10.1 Å². The van der Waals surface area contributed by atoms with E-state index >= 15 is 0 Å². The lowest BCUT2D eigenvalue weighted by Gasteiger charge is -1.87. The van der Waals surface area contributed by atoms with Crippen molar-refractivity contribution in [3.8, 4) is 0 Å². The molecule has 0 radical (unpaired) electrons. The van der Waals surface area contributed by atoms with Crippen molar-refractivity contribution in [3.05, 3.63) is 26.2 Å². The largest absolute Gasteiger partial charge is 0.355 e. The summed E-state index contributed by atoms with van der Waals surface area (Å²) >= 11 is 0. The van der Waals surface area contributed by atoms with Gasteiger partial charge in [0.1, 0.15) is 5.69 Å². The molecule has 0 bridgehead atoms. The quantitative estimate of drug-likeness (QED) is 0.509. The van der Waals surface area contributed by atoms with Crippen LogP contribution in [0.15, 0.2) is 4.79 Å². The second kappa shape index (κ2) is 2.80. The lowest BCUT2D eigenvalue weighted by molar-refractivity contribution is -0.386. The summed E-state index contributed by atoms with van der Waals surface area (Å²) in [7, 11) is 1.45. The number of nitrogens with one attached hydrogen (secondary N) is 1. The third kappa shape index (κ3) is 1.11. The molecule has 0 aromatic carbocycles. The highest BCUT2D eigenvalue weighted by Gasteiger charge is 2.21. The zero-order valence-corrected chi connectivity index (χ0v) is 6.83. The molecule has 12 heavy (non-hydrogen) atoms. The van der Waals surface area contributed by atoms with Gasteiger partial charge in [0.05, 0.1) is 4.92 Å². The number of hydrogen-bond acceptors (Lipinski definition) is 3. The first-order chi connectivity index (χ1) is 5.57. The Kier molecular flexibility index (Phi) is 1.99. The molecule has 1 N–H and O–H groups in total. The summed E-state index contributed by atoms with van der Waals surface area (Å²) in [4.78, 5) is 20.8. The van der Waals surface area contributed by atoms with Crippen LogP contribution in [0.5, 0.6) is 0 Å². The van der Waals surface area contributed by atoms with E-state index in [9.17, 15) is 14.9 Å². The zero-order valence-electron chi connectivity index (χ0n) is 6.83. The molecule has 1 aromatic heterocycles. The molecule has 1 aromatic rings. The predicted molar refractivity (Wildman–Crippen MR) is 42.1 cm³/mol. The van der Waals surface area contributed by atoms with E-state index in [2.05, 4.69) is 5.10 Å². The number of H-pyrrole nitrogens is 1. The summed E-state index contributed by atoms with van der Waals surface area (Å²) < 4.78 is 1.11. The molecule has 6 heteroatoms. The number of hydrogen-bond donors (Lipinski definition) is 1. The van der Waals surface area contributed by atoms with Crippen LogP contribution in [-0.4, -0.2) is 14.7 Å². The molecule has 0 fully saturated rings. The molecule has 6 nitrogen and oxygen atoms in total. The van der Waals surface area contributed by atoms with Gasteiger partial charge >= 0.3 is 11.2 Å². The fourth-order valence-corrected chi connectivity index (χ4v) is 1.03. The maximum absolute atomic E-state index is 11.1. The molecule has 1 heterocycles. The Labute approximate surface area is 67.9 Å². The fourth-order valence-electron chi connectivity index (χ4n) is 1.03. The molecule has 0 saturated heterocycles. The van der Waals surface area contributed by atoms with Crippen LogP contribution in [0.25, 0.3) is 0 Å². The lowest BCUT2D eigenvalue weighted by atomic mass is 10.3. The van der Waals surface area contributed by atoms with Crippen molar-refractivity contribution in [2.75, 3.05) is 0 Å². The number of aromatic amines is 1. The first kappa shape index (κ1) is 8.51. The Hall–Kier alpha value is -1.59. The lowest BCUT2D eigenvalue weighted by Crippen LogP contribution is -2.14. The van der Waals surface area contributed by atoms with Gasteiger partial charge in [-0.1, -0.05) is 6.92 Å². The standard InChI is InChI=1S/C6H9N3O3/c1-3-4-5(9(11)12)6(10)8(2)7-4/h7H,3H2,1-2H3. The summed E-state index contributed by atoms with van der Waals surface area (Å²) in [6, 6.07) is 0. The van der Waals surface area contributed by atoms with Crippen molar-refractivity contribution in [1.82, 2.24) is 9.78 Å². The van der Waals surface area contributed by atoms with Gasteiger partial charge in [0, 0.05) is 7.05 Å². The first-order valence-electron chi connectivity index (χ1n) is 3.50. The normalized spacial score (nSPS) is 10.2. The molecule has 0 spiro atoms. The number of aromatic nitrogens is 2. The van der Waals surface area contributed by atoms with Gasteiger partial charge in [0.2, 0.25) is 0 Å². The van der Waals surface area contributed by atoms with E-state index in [4.69, 9.17) is 0 Å². The summed E-state index contributed by atoms with van der Waals surface area (Å²) in [6.07, 6.45) is 0.451. The average molecular weight is 171 g/mol. The van der Waals surface area contributed by atoms with Crippen LogP contribution in [-0.2, 0) is 13.5 Å². The van der Waals surface area contributed by atoms with E-state index in [0.717, 1.165) is 4.68 Å². The number of nitro groups is 1. The first-order valence-corrected chi connectivity index (χ1v) is 3.50. The van der Waals surface area contributed by atoms with E-state index in [1.54, 1.807) is 6.92 Å². The molecule has 0 atom stereocenters. The van der Waals surface area contributed by atoms with Gasteiger partial charge < -0.3 is 0 Å². The molecule has 1 rings (SSSR count). The van der Waals surface area contributed by atoms with Gasteiger partial charge in [0.25, 0.3) is 0 Å². The highest BCUT2D eigenvalue weighted by atomic mass is 16.6. The van der Waals surface area contributed by atoms with Crippen LogP contribution in [0.3, 0.4) is 0 Å². The highest BCUT2D eigenvalue weighted by Crippen LogP contribution is 2.09. The summed E-state index contributed by atoms with van der Waals surface area (Å²) in [5.41, 5.74) is -0.565. The molecule has 66 valence electrons. The van der Waals surface area contributed by atoms with Gasteiger partial charge in [-0.3, -0.25) is 24.7 Å². The van der Waals surface area contributed by atoms with Crippen molar-refractivity contribution < 1.29 is 4.92 Å². The van der Waals surface area contributed by atoms with E-state index < -0.39 is 10.5 Å². The van der Waals surface area contributed by atoms with Gasteiger partial charge in [-0.2, -0.15) is 0 Å². The second-order valence-corrected chi connectivity index (χ2v) is 2.41. The molecule has 0 aliphatic rings. The molecule has 0 amide bonds. The van der Waals surface area contributed by atoms with Gasteiger partial charge in [0.15, 0.2) is 0 Å². The topological polar surface area (TPSA) is 80.9 Å². The Morgan fingerprint density at radius 2 is 2.25 bits per heavy atom. The molecular weight excluding hydrogens is 162 g/mol. The SMILES string of the molecule is CCc1[nH]n(C)c(=O)c1[N+](=O)[O-]. The molecular formula is C6H9N3O3. The zero-order chi connectivity index (χ0) is 9.30. The second-order valence-electron chi connectivity index (χ2n) is 2.41. The van der Waals surface area contributed by atoms with Gasteiger partial charge in [-0.25, -0.2) is 0 Å². The van der Waals surface area contributed by atoms with Crippen LogP contribution in [0.1, 0.15) is 12.6 Å². The van der Waals surface area contributed by atoms with E-state index in [-0.39, 0.29) is 5.69 Å². The van der Waals surface area contributed by atoms with E-state index in [1.165, 1.54) is 7.05 Å². The van der Waals surface area contributed by atoms with E-state index in [1.807, 2.05) is 0 Å². The third-order valence-corrected chi connectivity index (χ3v) is 1.63. The smallest absolute Gasteiger partial charge is 0.293 e. The number of rotatable bonds is 2. The van der Waals surface area contributed by atoms with Crippen molar-refractivity contribution in [1.29, 1.82) is 0 Å². The summed E-state index contributed by atoms with van der Waals surface area (Å²) in [5, 5.41) is 13.0. The summed E-state index contributed by atoms with van der Waals surface area (Å²) in [6.45, 7) is 1.75. The Balaban J connectivity index is 3.41. The summed E-state index contributed by atoms with van der Waals surface area (Å²) in [5.74, 6) is 0. The van der Waals surface area contributed by atoms with Crippen molar-refractivity contribution in [3.63, 3.8) is 0 Å². The minimum Gasteiger partial charge on any atom is -0.293 e. The van der Waals surface area contributed by atoms with Crippen molar-refractivity contribution in [2.24, 2.45) is 7.05 Å². The molecule has 0 aliphatic carbocycles. The van der Waals surface area contributed by atoms with Gasteiger partial charge in [-0.05, 0) is 6.42 Å². The Morgan fingerprint density at radius 3 is 2.58 bits per heavy atom. The molecule has 0 saturated carbocycles. The van der Waals surface area contributed by atoms with Crippen molar-refractivity contribution in [2.45, 2.75) is 13.3 Å².